The molecule has 1 aliphatic rings. The molecule has 1 N–H and O–H groups in total. The van der Waals surface area contributed by atoms with Gasteiger partial charge in [0.15, 0.2) is 0 Å². The molecule has 0 spiro atoms. The van der Waals surface area contributed by atoms with Gasteiger partial charge in [-0.15, -0.1) is 0 Å². The van der Waals surface area contributed by atoms with Crippen LogP contribution in [0.25, 0.3) is 0 Å². The Morgan fingerprint density at radius 2 is 1.67 bits per heavy atom. The number of hydrogen-bond acceptors (Lipinski definition) is 3. The van der Waals surface area contributed by atoms with Crippen LogP contribution in [-0.2, 0) is 17.6 Å². The predicted octanol–water partition coefficient (Wildman–Crippen LogP) is 2.34. The molecule has 0 bridgehead atoms. The van der Waals surface area contributed by atoms with Crippen LogP contribution in [-0.4, -0.2) is 61.5 Å². The third kappa shape index (κ3) is 6.15. The Kier molecular flexibility index (Phi) is 6.96. The van der Waals surface area contributed by atoms with Gasteiger partial charge in [-0.1, -0.05) is 42.5 Å². The molecule has 1 fully saturated rings. The second-order valence-electron chi connectivity index (χ2n) is 7.29. The Bertz CT molecular complexity index is 712. The molecule has 4 nitrogen and oxygen atoms in total. The zero-order chi connectivity index (χ0) is 19.1. The van der Waals surface area contributed by atoms with Gasteiger partial charge in [0.1, 0.15) is 5.82 Å². The van der Waals surface area contributed by atoms with Gasteiger partial charge in [0.05, 0.1) is 6.42 Å². The number of halogens is 1. The monoisotopic (exact) mass is 369 g/mol. The Morgan fingerprint density at radius 3 is 2.33 bits per heavy atom. The van der Waals surface area contributed by atoms with Crippen molar-refractivity contribution in [3.05, 3.63) is 71.5 Å². The van der Waals surface area contributed by atoms with E-state index in [2.05, 4.69) is 46.4 Å². The first-order valence-corrected chi connectivity index (χ1v) is 9.58. The number of likely N-dealkylation sites (N-methyl/N-ethyl adjacent to an activating group) is 1. The lowest BCUT2D eigenvalue weighted by Crippen LogP contribution is -2.53. The van der Waals surface area contributed by atoms with E-state index in [1.807, 2.05) is 6.07 Å². The van der Waals surface area contributed by atoms with Crippen LogP contribution in [0.1, 0.15) is 11.1 Å². The molecule has 3 rings (SSSR count). The van der Waals surface area contributed by atoms with Gasteiger partial charge in [-0.2, -0.15) is 0 Å². The SMILES string of the molecule is CN1CCN(C(CNC(=O)Cc2ccc(F)cc2)Cc2ccccc2)CC1. The van der Waals surface area contributed by atoms with E-state index in [9.17, 15) is 9.18 Å². The highest BCUT2D eigenvalue weighted by Crippen LogP contribution is 2.12. The van der Waals surface area contributed by atoms with Crippen LogP contribution in [0.2, 0.25) is 0 Å². The molecule has 0 radical (unpaired) electrons. The molecule has 1 heterocycles. The first-order chi connectivity index (χ1) is 13.1. The third-order valence-corrected chi connectivity index (χ3v) is 5.18. The number of carbonyl (C=O) groups excluding carboxylic acids is 1. The topological polar surface area (TPSA) is 35.6 Å². The molecule has 1 atom stereocenters. The van der Waals surface area contributed by atoms with Gasteiger partial charge in [-0.3, -0.25) is 9.69 Å². The van der Waals surface area contributed by atoms with Crippen molar-refractivity contribution in [3.8, 4) is 0 Å². The summed E-state index contributed by atoms with van der Waals surface area (Å²) in [5, 5.41) is 3.09. The summed E-state index contributed by atoms with van der Waals surface area (Å²) in [6.45, 7) is 4.76. The van der Waals surface area contributed by atoms with Crippen molar-refractivity contribution in [2.75, 3.05) is 39.8 Å². The highest BCUT2D eigenvalue weighted by atomic mass is 19.1. The largest absolute Gasteiger partial charge is 0.354 e. The molecule has 0 aliphatic carbocycles. The van der Waals surface area contributed by atoms with E-state index < -0.39 is 0 Å². The molecule has 5 heteroatoms. The van der Waals surface area contributed by atoms with Crippen LogP contribution in [0, 0.1) is 5.82 Å². The van der Waals surface area contributed by atoms with Gasteiger partial charge in [0.2, 0.25) is 5.91 Å². The number of amides is 1. The number of benzene rings is 2. The van der Waals surface area contributed by atoms with E-state index in [1.54, 1.807) is 12.1 Å². The number of piperazine rings is 1. The summed E-state index contributed by atoms with van der Waals surface area (Å²) in [5.41, 5.74) is 2.11. The maximum Gasteiger partial charge on any atom is 0.224 e. The molecule has 1 unspecified atom stereocenters. The molecular weight excluding hydrogens is 341 g/mol. The maximum absolute atomic E-state index is 13.0. The summed E-state index contributed by atoms with van der Waals surface area (Å²) < 4.78 is 13.0. The highest BCUT2D eigenvalue weighted by molar-refractivity contribution is 5.78. The van der Waals surface area contributed by atoms with Crippen LogP contribution in [0.3, 0.4) is 0 Å². The van der Waals surface area contributed by atoms with Crippen LogP contribution in [0.5, 0.6) is 0 Å². The Morgan fingerprint density at radius 1 is 1.00 bits per heavy atom. The van der Waals surface area contributed by atoms with Gasteiger partial charge in [0.25, 0.3) is 0 Å². The van der Waals surface area contributed by atoms with Crippen LogP contribution < -0.4 is 5.32 Å². The summed E-state index contributed by atoms with van der Waals surface area (Å²) in [5.74, 6) is -0.300. The van der Waals surface area contributed by atoms with Gasteiger partial charge < -0.3 is 10.2 Å². The highest BCUT2D eigenvalue weighted by Gasteiger charge is 2.23. The van der Waals surface area contributed by atoms with Crippen LogP contribution >= 0.6 is 0 Å². The summed E-state index contributed by atoms with van der Waals surface area (Å²) in [7, 11) is 2.15. The average molecular weight is 369 g/mol. The smallest absolute Gasteiger partial charge is 0.224 e. The number of rotatable bonds is 7. The predicted molar refractivity (Wildman–Crippen MR) is 106 cm³/mol. The van der Waals surface area contributed by atoms with Gasteiger partial charge >= 0.3 is 0 Å². The summed E-state index contributed by atoms with van der Waals surface area (Å²) >= 11 is 0. The number of carbonyl (C=O) groups is 1. The second kappa shape index (κ2) is 9.62. The lowest BCUT2D eigenvalue weighted by Gasteiger charge is -2.38. The Labute approximate surface area is 161 Å². The fourth-order valence-corrected chi connectivity index (χ4v) is 3.49. The van der Waals surface area contributed by atoms with Crippen molar-refractivity contribution in [1.82, 2.24) is 15.1 Å². The van der Waals surface area contributed by atoms with E-state index in [4.69, 9.17) is 0 Å². The molecule has 2 aromatic carbocycles. The van der Waals surface area contributed by atoms with Crippen molar-refractivity contribution >= 4 is 5.91 Å². The Hall–Kier alpha value is -2.24. The third-order valence-electron chi connectivity index (χ3n) is 5.18. The molecule has 0 aromatic heterocycles. The quantitative estimate of drug-likeness (QED) is 0.814. The van der Waals surface area contributed by atoms with Crippen LogP contribution in [0.15, 0.2) is 54.6 Å². The standard InChI is InChI=1S/C22H28FN3O/c1-25-11-13-26(14-12-25)21(15-18-5-3-2-4-6-18)17-24-22(27)16-19-7-9-20(23)10-8-19/h2-10,21H,11-17H2,1H3,(H,24,27). The zero-order valence-electron chi connectivity index (χ0n) is 15.9. The van der Waals surface area contributed by atoms with Gasteiger partial charge in [-0.05, 0) is 36.7 Å². The van der Waals surface area contributed by atoms with Crippen molar-refractivity contribution < 1.29 is 9.18 Å². The molecule has 2 aromatic rings. The molecule has 0 saturated carbocycles. The normalized spacial score (nSPS) is 16.8. The number of nitrogens with zero attached hydrogens (tertiary/aromatic N) is 2. The minimum atomic E-state index is -0.280. The summed E-state index contributed by atoms with van der Waals surface area (Å²) in [6, 6.07) is 16.8. The van der Waals surface area contributed by atoms with Crippen LogP contribution in [0.4, 0.5) is 4.39 Å². The Balaban J connectivity index is 1.58. The van der Waals surface area contributed by atoms with E-state index >= 15 is 0 Å². The molecule has 144 valence electrons. The first kappa shape index (κ1) is 19.5. The molecule has 1 amide bonds. The maximum atomic E-state index is 13.0. The fraction of sp³-hybridized carbons (Fsp3) is 0.409. The van der Waals surface area contributed by atoms with Gasteiger partial charge in [-0.25, -0.2) is 4.39 Å². The van der Waals surface area contributed by atoms with Crippen molar-refractivity contribution in [2.24, 2.45) is 0 Å². The summed E-state index contributed by atoms with van der Waals surface area (Å²) in [6.07, 6.45) is 1.20. The zero-order valence-corrected chi connectivity index (χ0v) is 15.9. The fourth-order valence-electron chi connectivity index (χ4n) is 3.49. The minimum Gasteiger partial charge on any atom is -0.354 e. The van der Waals surface area contributed by atoms with Crippen molar-refractivity contribution in [2.45, 2.75) is 18.9 Å². The van der Waals surface area contributed by atoms with E-state index in [0.29, 0.717) is 6.54 Å². The minimum absolute atomic E-state index is 0.0196. The van der Waals surface area contributed by atoms with E-state index in [0.717, 1.165) is 38.2 Å². The molecule has 1 saturated heterocycles. The van der Waals surface area contributed by atoms with E-state index in [1.165, 1.54) is 17.7 Å². The number of nitrogens with one attached hydrogen (secondary N) is 1. The van der Waals surface area contributed by atoms with E-state index in [-0.39, 0.29) is 24.2 Å². The lowest BCUT2D eigenvalue weighted by molar-refractivity contribution is -0.120. The molecular formula is C22H28FN3O. The van der Waals surface area contributed by atoms with Gasteiger partial charge in [0, 0.05) is 38.8 Å². The molecule has 1 aliphatic heterocycles. The molecule has 27 heavy (non-hydrogen) atoms. The summed E-state index contributed by atoms with van der Waals surface area (Å²) in [4.78, 5) is 17.2. The first-order valence-electron chi connectivity index (χ1n) is 9.58. The second-order valence-corrected chi connectivity index (χ2v) is 7.29. The average Bonchev–Trinajstić information content (AvgIpc) is 2.68. The van der Waals surface area contributed by atoms with Crippen molar-refractivity contribution in [1.29, 1.82) is 0 Å². The lowest BCUT2D eigenvalue weighted by atomic mass is 10.0. The number of hydrogen-bond donors (Lipinski definition) is 1. The van der Waals surface area contributed by atoms with Crippen molar-refractivity contribution in [3.63, 3.8) is 0 Å².